The fourth-order valence-electron chi connectivity index (χ4n) is 3.47. The number of rotatable bonds is 8. The highest BCUT2D eigenvalue weighted by atomic mass is 19.1. The first-order valence-electron chi connectivity index (χ1n) is 11.1. The number of ether oxygens (including phenoxy) is 2. The van der Waals surface area contributed by atoms with Crippen LogP contribution in [0, 0.1) is 5.82 Å². The Balaban J connectivity index is 1.49. The zero-order valence-electron chi connectivity index (χ0n) is 19.3. The van der Waals surface area contributed by atoms with E-state index >= 15 is 0 Å². The molecule has 0 saturated heterocycles. The number of hydrogen-bond acceptors (Lipinski definition) is 5. The van der Waals surface area contributed by atoms with Crippen LogP contribution in [0.1, 0.15) is 19.4 Å². The number of nitrogens with zero attached hydrogens (tertiary/aromatic N) is 2. The van der Waals surface area contributed by atoms with Gasteiger partial charge in [0.25, 0.3) is 11.8 Å². The van der Waals surface area contributed by atoms with Crippen molar-refractivity contribution < 1.29 is 23.5 Å². The number of amides is 2. The van der Waals surface area contributed by atoms with Crippen LogP contribution in [0.5, 0.6) is 11.5 Å². The molecule has 0 saturated carbocycles. The van der Waals surface area contributed by atoms with Crippen LogP contribution < -0.4 is 19.8 Å². The smallest absolute Gasteiger partial charge is 0.280 e. The quantitative estimate of drug-likeness (QED) is 0.465. The number of benzene rings is 3. The largest absolute Gasteiger partial charge is 0.490 e. The molecule has 0 bridgehead atoms. The van der Waals surface area contributed by atoms with Crippen LogP contribution in [0.4, 0.5) is 15.8 Å². The summed E-state index contributed by atoms with van der Waals surface area (Å²) < 4.78 is 24.6. The summed E-state index contributed by atoms with van der Waals surface area (Å²) in [6, 6.07) is 19.9. The van der Waals surface area contributed by atoms with Crippen LogP contribution in [-0.4, -0.2) is 30.7 Å². The van der Waals surface area contributed by atoms with E-state index in [0.717, 1.165) is 0 Å². The highest BCUT2D eigenvalue weighted by Gasteiger charge is 2.28. The van der Waals surface area contributed by atoms with Crippen molar-refractivity contribution in [3.63, 3.8) is 0 Å². The second-order valence-electron chi connectivity index (χ2n) is 7.68. The van der Waals surface area contributed by atoms with Crippen molar-refractivity contribution >= 4 is 35.0 Å². The summed E-state index contributed by atoms with van der Waals surface area (Å²) in [6.45, 7) is 3.78. The zero-order chi connectivity index (χ0) is 24.8. The predicted molar refractivity (Wildman–Crippen MR) is 133 cm³/mol. The molecule has 1 N–H and O–H groups in total. The summed E-state index contributed by atoms with van der Waals surface area (Å²) in [7, 11) is 0. The maximum absolute atomic E-state index is 13.2. The van der Waals surface area contributed by atoms with E-state index < -0.39 is 0 Å². The SMILES string of the molecule is CCOc1cc(C=C2C(=O)N(c3ccc(F)cc3)N=C2C)ccc1OCC(=O)Nc1ccccc1. The molecule has 4 rings (SSSR count). The summed E-state index contributed by atoms with van der Waals surface area (Å²) >= 11 is 0. The molecule has 0 aromatic heterocycles. The van der Waals surface area contributed by atoms with Crippen LogP contribution in [0.25, 0.3) is 6.08 Å². The van der Waals surface area contributed by atoms with Crippen molar-refractivity contribution in [2.24, 2.45) is 5.10 Å². The van der Waals surface area contributed by atoms with E-state index in [1.165, 1.54) is 29.3 Å². The predicted octanol–water partition coefficient (Wildman–Crippen LogP) is 5.05. The Labute approximate surface area is 202 Å². The normalized spacial score (nSPS) is 14.1. The summed E-state index contributed by atoms with van der Waals surface area (Å²) in [5.74, 6) is -0.141. The Morgan fingerprint density at radius 3 is 2.49 bits per heavy atom. The Morgan fingerprint density at radius 2 is 1.77 bits per heavy atom. The fraction of sp³-hybridized carbons (Fsp3) is 0.148. The van der Waals surface area contributed by atoms with Crippen molar-refractivity contribution in [2.45, 2.75) is 13.8 Å². The summed E-state index contributed by atoms with van der Waals surface area (Å²) in [6.07, 6.45) is 1.71. The van der Waals surface area contributed by atoms with E-state index in [4.69, 9.17) is 9.47 Å². The van der Waals surface area contributed by atoms with E-state index in [2.05, 4.69) is 10.4 Å². The van der Waals surface area contributed by atoms with Crippen LogP contribution in [-0.2, 0) is 9.59 Å². The molecule has 1 aliphatic rings. The molecule has 0 spiro atoms. The van der Waals surface area contributed by atoms with E-state index in [1.807, 2.05) is 25.1 Å². The standard InChI is InChI=1S/C27H24FN3O4/c1-3-34-25-16-19(9-14-24(25)35-17-26(32)29-21-7-5-4-6-8-21)15-23-18(2)30-31(27(23)33)22-12-10-20(28)11-13-22/h4-16H,3,17H2,1-2H3,(H,29,32). The molecule has 3 aromatic rings. The number of carbonyl (C=O) groups excluding carboxylic acids is 2. The van der Waals surface area contributed by atoms with Gasteiger partial charge in [0.15, 0.2) is 18.1 Å². The molecule has 7 nitrogen and oxygen atoms in total. The van der Waals surface area contributed by atoms with Crippen LogP contribution in [0.15, 0.2) is 83.5 Å². The average molecular weight is 474 g/mol. The van der Waals surface area contributed by atoms with Gasteiger partial charge in [-0.05, 0) is 74.0 Å². The molecule has 0 aliphatic carbocycles. The Hall–Kier alpha value is -4.46. The van der Waals surface area contributed by atoms with Gasteiger partial charge in [0.2, 0.25) is 0 Å². The highest BCUT2D eigenvalue weighted by Crippen LogP contribution is 2.31. The average Bonchev–Trinajstić information content (AvgIpc) is 3.13. The van der Waals surface area contributed by atoms with E-state index in [9.17, 15) is 14.0 Å². The van der Waals surface area contributed by atoms with E-state index in [-0.39, 0.29) is 24.2 Å². The molecule has 0 radical (unpaired) electrons. The Kier molecular flexibility index (Phi) is 7.21. The Bertz CT molecular complexity index is 1290. The first kappa shape index (κ1) is 23.7. The van der Waals surface area contributed by atoms with Gasteiger partial charge in [-0.25, -0.2) is 4.39 Å². The molecule has 0 atom stereocenters. The molecule has 0 unspecified atom stereocenters. The summed E-state index contributed by atoms with van der Waals surface area (Å²) in [5.41, 5.74) is 2.81. The van der Waals surface area contributed by atoms with Crippen molar-refractivity contribution in [3.8, 4) is 11.5 Å². The molecule has 1 aliphatic heterocycles. The van der Waals surface area contributed by atoms with Gasteiger partial charge in [-0.2, -0.15) is 10.1 Å². The second kappa shape index (κ2) is 10.6. The minimum Gasteiger partial charge on any atom is -0.490 e. The molecule has 178 valence electrons. The molecule has 8 heteroatoms. The van der Waals surface area contributed by atoms with Crippen molar-refractivity contribution in [3.05, 3.63) is 89.8 Å². The third-order valence-corrected chi connectivity index (χ3v) is 5.13. The lowest BCUT2D eigenvalue weighted by atomic mass is 10.1. The maximum atomic E-state index is 13.2. The molecular weight excluding hydrogens is 449 g/mol. The summed E-state index contributed by atoms with van der Waals surface area (Å²) in [5, 5.41) is 8.32. The molecule has 3 aromatic carbocycles. The number of halogens is 1. The number of hydrazone groups is 1. The number of para-hydroxylation sites is 1. The van der Waals surface area contributed by atoms with Gasteiger partial charge in [-0.1, -0.05) is 24.3 Å². The van der Waals surface area contributed by atoms with Crippen LogP contribution in [0.2, 0.25) is 0 Å². The number of hydrogen-bond donors (Lipinski definition) is 1. The molecule has 1 heterocycles. The zero-order valence-corrected chi connectivity index (χ0v) is 19.3. The first-order valence-corrected chi connectivity index (χ1v) is 11.1. The van der Waals surface area contributed by atoms with Crippen molar-refractivity contribution in [1.82, 2.24) is 0 Å². The number of carbonyl (C=O) groups is 2. The van der Waals surface area contributed by atoms with Gasteiger partial charge in [0.1, 0.15) is 5.82 Å². The van der Waals surface area contributed by atoms with Gasteiger partial charge in [-0.3, -0.25) is 9.59 Å². The van der Waals surface area contributed by atoms with Gasteiger partial charge in [-0.15, -0.1) is 0 Å². The van der Waals surface area contributed by atoms with Gasteiger partial charge >= 0.3 is 0 Å². The van der Waals surface area contributed by atoms with Crippen molar-refractivity contribution in [2.75, 3.05) is 23.5 Å². The lowest BCUT2D eigenvalue weighted by Crippen LogP contribution is -2.21. The van der Waals surface area contributed by atoms with E-state index in [0.29, 0.717) is 46.3 Å². The van der Waals surface area contributed by atoms with E-state index in [1.54, 1.807) is 43.3 Å². The van der Waals surface area contributed by atoms with Crippen LogP contribution >= 0.6 is 0 Å². The lowest BCUT2D eigenvalue weighted by Gasteiger charge is -2.13. The molecular formula is C27H24FN3O4. The van der Waals surface area contributed by atoms with Gasteiger partial charge in [0, 0.05) is 5.69 Å². The molecule has 35 heavy (non-hydrogen) atoms. The summed E-state index contributed by atoms with van der Waals surface area (Å²) in [4.78, 5) is 25.2. The van der Waals surface area contributed by atoms with Gasteiger partial charge < -0.3 is 14.8 Å². The lowest BCUT2D eigenvalue weighted by molar-refractivity contribution is -0.118. The van der Waals surface area contributed by atoms with Crippen LogP contribution in [0.3, 0.4) is 0 Å². The topological polar surface area (TPSA) is 80.2 Å². The van der Waals surface area contributed by atoms with Gasteiger partial charge in [0.05, 0.1) is 23.6 Å². The monoisotopic (exact) mass is 473 g/mol. The minimum atomic E-state index is -0.389. The molecule has 0 fully saturated rings. The maximum Gasteiger partial charge on any atom is 0.280 e. The highest BCUT2D eigenvalue weighted by molar-refractivity contribution is 6.32. The third-order valence-electron chi connectivity index (χ3n) is 5.13. The Morgan fingerprint density at radius 1 is 1.03 bits per heavy atom. The molecule has 2 amide bonds. The third kappa shape index (κ3) is 5.73. The second-order valence-corrected chi connectivity index (χ2v) is 7.68. The number of nitrogens with one attached hydrogen (secondary N) is 1. The van der Waals surface area contributed by atoms with Crippen molar-refractivity contribution in [1.29, 1.82) is 0 Å². The minimum absolute atomic E-state index is 0.188. The fourth-order valence-corrected chi connectivity index (χ4v) is 3.47. The first-order chi connectivity index (χ1) is 16.9. The number of anilines is 2.